The van der Waals surface area contributed by atoms with Crippen LogP contribution in [0.25, 0.3) is 0 Å². The molecule has 1 aliphatic heterocycles. The molecule has 0 saturated carbocycles. The van der Waals surface area contributed by atoms with Crippen molar-refractivity contribution in [3.05, 3.63) is 28.2 Å². The van der Waals surface area contributed by atoms with E-state index in [-0.39, 0.29) is 22.7 Å². The number of halogens is 3. The lowest BCUT2D eigenvalue weighted by Crippen LogP contribution is -2.34. The highest BCUT2D eigenvalue weighted by atomic mass is 35.5. The summed E-state index contributed by atoms with van der Waals surface area (Å²) in [6.07, 6.45) is 0.761. The fourth-order valence-corrected chi connectivity index (χ4v) is 4.50. The molecule has 2 rings (SSSR count). The highest BCUT2D eigenvalue weighted by Gasteiger charge is 2.39. The molecule has 0 bridgehead atoms. The smallest absolute Gasteiger partial charge is 0.243 e. The SMILES string of the molecule is CC1(CN)CCN(S(=O)(=O)c2cc(Cl)cc(Cl)c2)C1.Cl. The quantitative estimate of drug-likeness (QED) is 0.902. The van der Waals surface area contributed by atoms with E-state index < -0.39 is 10.0 Å². The van der Waals surface area contributed by atoms with E-state index in [0.29, 0.717) is 29.7 Å². The molecule has 1 aromatic rings. The topological polar surface area (TPSA) is 63.4 Å². The van der Waals surface area contributed by atoms with Crippen LogP contribution >= 0.6 is 35.6 Å². The van der Waals surface area contributed by atoms with Gasteiger partial charge in [0.25, 0.3) is 0 Å². The largest absolute Gasteiger partial charge is 0.330 e. The highest BCUT2D eigenvalue weighted by molar-refractivity contribution is 7.89. The number of benzene rings is 1. The van der Waals surface area contributed by atoms with E-state index in [1.54, 1.807) is 0 Å². The van der Waals surface area contributed by atoms with Crippen molar-refractivity contribution in [3.8, 4) is 0 Å². The zero-order valence-corrected chi connectivity index (χ0v) is 14.1. The molecule has 1 fully saturated rings. The standard InChI is InChI=1S/C12H16Cl2N2O2S.ClH/c1-12(7-15)2-3-16(8-12)19(17,18)11-5-9(13)4-10(14)6-11;/h4-6H,2-3,7-8,15H2,1H3;1H. The predicted molar refractivity (Wildman–Crippen MR) is 84.2 cm³/mol. The van der Waals surface area contributed by atoms with Crippen molar-refractivity contribution >= 4 is 45.6 Å². The first-order valence-electron chi connectivity index (χ1n) is 5.93. The summed E-state index contributed by atoms with van der Waals surface area (Å²) >= 11 is 11.7. The molecule has 1 atom stereocenters. The van der Waals surface area contributed by atoms with Gasteiger partial charge in [0.05, 0.1) is 4.90 Å². The Morgan fingerprint density at radius 1 is 1.30 bits per heavy atom. The first-order valence-corrected chi connectivity index (χ1v) is 8.13. The molecule has 0 amide bonds. The first-order chi connectivity index (χ1) is 8.77. The second kappa shape index (κ2) is 6.38. The van der Waals surface area contributed by atoms with E-state index in [1.807, 2.05) is 6.92 Å². The van der Waals surface area contributed by atoms with E-state index in [9.17, 15) is 8.42 Å². The summed E-state index contributed by atoms with van der Waals surface area (Å²) in [5.74, 6) is 0. The maximum atomic E-state index is 12.5. The van der Waals surface area contributed by atoms with Crippen molar-refractivity contribution in [2.45, 2.75) is 18.2 Å². The number of rotatable bonds is 3. The Hall–Kier alpha value is -0.0400. The molecule has 0 spiro atoms. The van der Waals surface area contributed by atoms with E-state index in [4.69, 9.17) is 28.9 Å². The number of hydrogen-bond acceptors (Lipinski definition) is 3. The molecule has 20 heavy (non-hydrogen) atoms. The molecule has 0 aliphatic carbocycles. The van der Waals surface area contributed by atoms with Gasteiger partial charge in [-0.05, 0) is 36.6 Å². The second-order valence-electron chi connectivity index (χ2n) is 5.21. The second-order valence-corrected chi connectivity index (χ2v) is 8.02. The van der Waals surface area contributed by atoms with E-state index in [2.05, 4.69) is 0 Å². The van der Waals surface area contributed by atoms with Gasteiger partial charge < -0.3 is 5.73 Å². The Bertz CT molecular complexity index is 574. The number of nitrogens with zero attached hydrogens (tertiary/aromatic N) is 1. The maximum absolute atomic E-state index is 12.5. The fourth-order valence-electron chi connectivity index (χ4n) is 2.18. The monoisotopic (exact) mass is 358 g/mol. The Morgan fingerprint density at radius 3 is 2.30 bits per heavy atom. The van der Waals surface area contributed by atoms with Crippen LogP contribution in [-0.2, 0) is 10.0 Å². The van der Waals surface area contributed by atoms with Crippen LogP contribution in [0.4, 0.5) is 0 Å². The molecule has 1 heterocycles. The van der Waals surface area contributed by atoms with Crippen LogP contribution in [-0.4, -0.2) is 32.4 Å². The molecule has 1 unspecified atom stereocenters. The maximum Gasteiger partial charge on any atom is 0.243 e. The Labute approximate surface area is 135 Å². The number of nitrogens with two attached hydrogens (primary N) is 1. The Balaban J connectivity index is 0.00000200. The van der Waals surface area contributed by atoms with Crippen LogP contribution < -0.4 is 5.73 Å². The summed E-state index contributed by atoms with van der Waals surface area (Å²) in [5.41, 5.74) is 5.54. The van der Waals surface area contributed by atoms with Gasteiger partial charge in [-0.2, -0.15) is 4.31 Å². The molecule has 8 heteroatoms. The molecular weight excluding hydrogens is 343 g/mol. The van der Waals surface area contributed by atoms with Crippen LogP contribution in [0, 0.1) is 5.41 Å². The summed E-state index contributed by atoms with van der Waals surface area (Å²) in [6.45, 7) is 3.36. The Kier molecular flexibility index (Phi) is 5.75. The molecule has 114 valence electrons. The average Bonchev–Trinajstić information content (AvgIpc) is 2.72. The number of hydrogen-bond donors (Lipinski definition) is 1. The molecule has 4 nitrogen and oxygen atoms in total. The van der Waals surface area contributed by atoms with Gasteiger partial charge in [-0.1, -0.05) is 30.1 Å². The van der Waals surface area contributed by atoms with Crippen molar-refractivity contribution < 1.29 is 8.42 Å². The van der Waals surface area contributed by atoms with Crippen molar-refractivity contribution in [2.24, 2.45) is 11.1 Å². The molecule has 2 N–H and O–H groups in total. The zero-order chi connectivity index (χ0) is 14.3. The van der Waals surface area contributed by atoms with Crippen LogP contribution in [0.1, 0.15) is 13.3 Å². The zero-order valence-electron chi connectivity index (χ0n) is 11.0. The molecule has 0 aromatic heterocycles. The van der Waals surface area contributed by atoms with Crippen LogP contribution in [0.15, 0.2) is 23.1 Å². The average molecular weight is 360 g/mol. The minimum absolute atomic E-state index is 0. The van der Waals surface area contributed by atoms with Gasteiger partial charge in [0.2, 0.25) is 10.0 Å². The summed E-state index contributed by atoms with van der Waals surface area (Å²) < 4.78 is 26.5. The minimum atomic E-state index is -3.56. The Morgan fingerprint density at radius 2 is 1.85 bits per heavy atom. The molecule has 1 saturated heterocycles. The van der Waals surface area contributed by atoms with Gasteiger partial charge in [-0.3, -0.25) is 0 Å². The van der Waals surface area contributed by atoms with Crippen molar-refractivity contribution in [2.75, 3.05) is 19.6 Å². The third kappa shape index (κ3) is 3.59. The van der Waals surface area contributed by atoms with E-state index >= 15 is 0 Å². The van der Waals surface area contributed by atoms with Gasteiger partial charge in [0, 0.05) is 23.1 Å². The van der Waals surface area contributed by atoms with Gasteiger partial charge >= 0.3 is 0 Å². The highest BCUT2D eigenvalue weighted by Crippen LogP contribution is 2.33. The molecule has 1 aliphatic rings. The normalized spacial score (nSPS) is 23.6. The molecule has 1 aromatic carbocycles. The van der Waals surface area contributed by atoms with Crippen molar-refractivity contribution in [1.82, 2.24) is 4.31 Å². The third-order valence-electron chi connectivity index (χ3n) is 3.49. The van der Waals surface area contributed by atoms with Crippen molar-refractivity contribution in [3.63, 3.8) is 0 Å². The summed E-state index contributed by atoms with van der Waals surface area (Å²) in [4.78, 5) is 0.131. The molecular formula is C12H17Cl3N2O2S. The summed E-state index contributed by atoms with van der Waals surface area (Å²) in [6, 6.07) is 4.35. The lowest BCUT2D eigenvalue weighted by atomic mass is 9.90. The van der Waals surface area contributed by atoms with Gasteiger partial charge in [0.1, 0.15) is 0 Å². The molecule has 0 radical (unpaired) electrons. The lowest BCUT2D eigenvalue weighted by Gasteiger charge is -2.22. The lowest BCUT2D eigenvalue weighted by molar-refractivity contribution is 0.349. The van der Waals surface area contributed by atoms with Gasteiger partial charge in [0.15, 0.2) is 0 Å². The van der Waals surface area contributed by atoms with E-state index in [1.165, 1.54) is 22.5 Å². The summed E-state index contributed by atoms with van der Waals surface area (Å²) in [5, 5.41) is 0.624. The first kappa shape index (κ1) is 18.0. The summed E-state index contributed by atoms with van der Waals surface area (Å²) in [7, 11) is -3.56. The van der Waals surface area contributed by atoms with Crippen LogP contribution in [0.5, 0.6) is 0 Å². The number of sulfonamides is 1. The van der Waals surface area contributed by atoms with E-state index in [0.717, 1.165) is 6.42 Å². The predicted octanol–water partition coefficient (Wildman–Crippen LogP) is 2.77. The van der Waals surface area contributed by atoms with Crippen LogP contribution in [0.2, 0.25) is 10.0 Å². The van der Waals surface area contributed by atoms with Gasteiger partial charge in [-0.15, -0.1) is 12.4 Å². The van der Waals surface area contributed by atoms with Crippen molar-refractivity contribution in [1.29, 1.82) is 0 Å². The fraction of sp³-hybridized carbons (Fsp3) is 0.500. The minimum Gasteiger partial charge on any atom is -0.330 e. The van der Waals surface area contributed by atoms with Crippen LogP contribution in [0.3, 0.4) is 0 Å². The third-order valence-corrected chi connectivity index (χ3v) is 5.75. The van der Waals surface area contributed by atoms with Gasteiger partial charge in [-0.25, -0.2) is 8.42 Å².